The molecule has 1 saturated heterocycles. The van der Waals surface area contributed by atoms with Crippen molar-refractivity contribution in [1.29, 1.82) is 0 Å². The Kier molecular flexibility index (Phi) is 5.56. The van der Waals surface area contributed by atoms with Crippen LogP contribution in [-0.2, 0) is 13.2 Å². The van der Waals surface area contributed by atoms with Crippen LogP contribution in [0.4, 0.5) is 26.3 Å². The average Bonchev–Trinajstić information content (AvgIpc) is 2.96. The zero-order valence-corrected chi connectivity index (χ0v) is 15.5. The molecule has 7 nitrogen and oxygen atoms in total. The number of hydrogen-bond acceptors (Lipinski definition) is 4. The average molecular weight is 438 g/mol. The molecule has 30 heavy (non-hydrogen) atoms. The SMILES string of the molecule is Cn1c(C(F)(F)F)nn(C2CCN(C(=O)c3ccc(OC(F)(F)F)cc3)CC2)c1=O. The Morgan fingerprint density at radius 3 is 2.10 bits per heavy atom. The largest absolute Gasteiger partial charge is 0.573 e. The maximum Gasteiger partial charge on any atom is 0.573 e. The second-order valence-corrected chi connectivity index (χ2v) is 6.70. The highest BCUT2D eigenvalue weighted by atomic mass is 19.4. The van der Waals surface area contributed by atoms with E-state index >= 15 is 0 Å². The van der Waals surface area contributed by atoms with Gasteiger partial charge in [0, 0.05) is 25.7 Å². The summed E-state index contributed by atoms with van der Waals surface area (Å²) in [6, 6.07) is 3.80. The quantitative estimate of drug-likeness (QED) is 0.692. The van der Waals surface area contributed by atoms with E-state index in [1.54, 1.807) is 0 Å². The number of nitrogens with zero attached hydrogens (tertiary/aromatic N) is 4. The van der Waals surface area contributed by atoms with Gasteiger partial charge in [0.05, 0.1) is 6.04 Å². The Morgan fingerprint density at radius 2 is 1.63 bits per heavy atom. The van der Waals surface area contributed by atoms with E-state index in [1.165, 1.54) is 17.0 Å². The number of rotatable bonds is 3. The maximum absolute atomic E-state index is 12.9. The Balaban J connectivity index is 1.66. The minimum absolute atomic E-state index is 0.136. The van der Waals surface area contributed by atoms with Crippen molar-refractivity contribution in [2.75, 3.05) is 13.1 Å². The molecule has 1 aromatic heterocycles. The zero-order valence-electron chi connectivity index (χ0n) is 15.5. The standard InChI is InChI=1S/C17H16F6N4O3/c1-25-14(16(18,19)20)24-27(15(25)29)11-6-8-26(9-7-11)13(28)10-2-4-12(5-3-10)30-17(21,22)23/h2-5,11H,6-9H2,1H3. The lowest BCUT2D eigenvalue weighted by Crippen LogP contribution is -2.41. The molecule has 0 aliphatic carbocycles. The van der Waals surface area contributed by atoms with Crippen LogP contribution < -0.4 is 10.4 Å². The van der Waals surface area contributed by atoms with Gasteiger partial charge < -0.3 is 9.64 Å². The van der Waals surface area contributed by atoms with Crippen molar-refractivity contribution in [2.24, 2.45) is 7.05 Å². The monoisotopic (exact) mass is 438 g/mol. The first-order chi connectivity index (χ1) is 13.9. The maximum atomic E-state index is 12.9. The number of likely N-dealkylation sites (tertiary alicyclic amines) is 1. The summed E-state index contributed by atoms with van der Waals surface area (Å²) in [6.07, 6.45) is -9.20. The van der Waals surface area contributed by atoms with Gasteiger partial charge in [-0.15, -0.1) is 18.3 Å². The Bertz CT molecular complexity index is 969. The second-order valence-electron chi connectivity index (χ2n) is 6.70. The molecule has 0 N–H and O–H groups in total. The minimum atomic E-state index is -4.84. The molecule has 0 saturated carbocycles. The van der Waals surface area contributed by atoms with Crippen LogP contribution in [0.1, 0.15) is 35.1 Å². The van der Waals surface area contributed by atoms with Crippen molar-refractivity contribution >= 4 is 5.91 Å². The van der Waals surface area contributed by atoms with Crippen molar-refractivity contribution in [3.8, 4) is 5.75 Å². The van der Waals surface area contributed by atoms with Crippen LogP contribution in [0, 0.1) is 0 Å². The molecule has 1 aliphatic heterocycles. The fraction of sp³-hybridized carbons (Fsp3) is 0.471. The van der Waals surface area contributed by atoms with E-state index < -0.39 is 41.8 Å². The van der Waals surface area contributed by atoms with Crippen LogP contribution in [0.5, 0.6) is 5.75 Å². The molecule has 1 aliphatic rings. The number of halogens is 6. The molecular formula is C17H16F6N4O3. The predicted octanol–water partition coefficient (Wildman–Crippen LogP) is 2.98. The highest BCUT2D eigenvalue weighted by molar-refractivity contribution is 5.94. The Hall–Kier alpha value is -2.99. The summed E-state index contributed by atoms with van der Waals surface area (Å²) in [5.74, 6) is -2.21. The lowest BCUT2D eigenvalue weighted by molar-refractivity contribution is -0.274. The lowest BCUT2D eigenvalue weighted by atomic mass is 10.0. The molecule has 1 amide bonds. The van der Waals surface area contributed by atoms with Gasteiger partial charge in [0.15, 0.2) is 0 Å². The van der Waals surface area contributed by atoms with Crippen molar-refractivity contribution in [3.05, 3.63) is 46.1 Å². The van der Waals surface area contributed by atoms with Crippen LogP contribution in [0.15, 0.2) is 29.1 Å². The third kappa shape index (κ3) is 4.60. The number of aromatic nitrogens is 3. The van der Waals surface area contributed by atoms with E-state index in [2.05, 4.69) is 9.84 Å². The first-order valence-corrected chi connectivity index (χ1v) is 8.74. The molecule has 0 atom stereocenters. The summed E-state index contributed by atoms with van der Waals surface area (Å²) in [6.45, 7) is 0.295. The minimum Gasteiger partial charge on any atom is -0.406 e. The van der Waals surface area contributed by atoms with Gasteiger partial charge in [0.1, 0.15) is 5.75 Å². The molecule has 1 fully saturated rings. The van der Waals surface area contributed by atoms with E-state index in [0.717, 1.165) is 23.9 Å². The van der Waals surface area contributed by atoms with Crippen LogP contribution in [-0.4, -0.2) is 44.6 Å². The number of carbonyl (C=O) groups is 1. The number of piperidine rings is 1. The van der Waals surface area contributed by atoms with Gasteiger partial charge in [0.25, 0.3) is 5.91 Å². The van der Waals surface area contributed by atoms with E-state index in [9.17, 15) is 35.9 Å². The van der Waals surface area contributed by atoms with E-state index in [-0.39, 0.29) is 31.5 Å². The summed E-state index contributed by atoms with van der Waals surface area (Å²) >= 11 is 0. The predicted molar refractivity (Wildman–Crippen MR) is 89.8 cm³/mol. The van der Waals surface area contributed by atoms with Gasteiger partial charge in [-0.25, -0.2) is 9.48 Å². The fourth-order valence-electron chi connectivity index (χ4n) is 3.24. The van der Waals surface area contributed by atoms with Gasteiger partial charge in [-0.1, -0.05) is 0 Å². The van der Waals surface area contributed by atoms with Crippen molar-refractivity contribution in [2.45, 2.75) is 31.4 Å². The van der Waals surface area contributed by atoms with Crippen LogP contribution in [0.2, 0.25) is 0 Å². The number of alkyl halides is 6. The third-order valence-corrected chi connectivity index (χ3v) is 4.69. The highest BCUT2D eigenvalue weighted by Gasteiger charge is 2.39. The van der Waals surface area contributed by atoms with Crippen molar-refractivity contribution in [1.82, 2.24) is 19.2 Å². The van der Waals surface area contributed by atoms with Gasteiger partial charge >= 0.3 is 18.2 Å². The number of carbonyl (C=O) groups excluding carboxylic acids is 1. The number of hydrogen-bond donors (Lipinski definition) is 0. The number of amides is 1. The second kappa shape index (κ2) is 7.69. The zero-order chi connectivity index (χ0) is 22.3. The van der Waals surface area contributed by atoms with E-state index in [1.807, 2.05) is 0 Å². The third-order valence-electron chi connectivity index (χ3n) is 4.69. The molecule has 164 valence electrons. The molecule has 0 radical (unpaired) electrons. The Labute approximate surface area is 165 Å². The van der Waals surface area contributed by atoms with Crippen molar-refractivity contribution in [3.63, 3.8) is 0 Å². The highest BCUT2D eigenvalue weighted by Crippen LogP contribution is 2.28. The summed E-state index contributed by atoms with van der Waals surface area (Å²) in [5, 5.41) is 3.40. The molecular weight excluding hydrogens is 422 g/mol. The summed E-state index contributed by atoms with van der Waals surface area (Å²) in [4.78, 5) is 26.0. The summed E-state index contributed by atoms with van der Waals surface area (Å²) in [5.41, 5.74) is -0.760. The van der Waals surface area contributed by atoms with E-state index in [0.29, 0.717) is 4.57 Å². The smallest absolute Gasteiger partial charge is 0.406 e. The van der Waals surface area contributed by atoms with Gasteiger partial charge in [0.2, 0.25) is 5.82 Å². The molecule has 0 bridgehead atoms. The lowest BCUT2D eigenvalue weighted by Gasteiger charge is -2.31. The molecule has 2 heterocycles. The number of benzene rings is 1. The van der Waals surface area contributed by atoms with E-state index in [4.69, 9.17) is 0 Å². The van der Waals surface area contributed by atoms with Gasteiger partial charge in [-0.2, -0.15) is 13.2 Å². The summed E-state index contributed by atoms with van der Waals surface area (Å²) < 4.78 is 80.3. The van der Waals surface area contributed by atoms with Crippen LogP contribution >= 0.6 is 0 Å². The molecule has 0 spiro atoms. The normalized spacial score (nSPS) is 16.0. The molecule has 2 aromatic rings. The molecule has 13 heteroatoms. The fourth-order valence-corrected chi connectivity index (χ4v) is 3.24. The molecule has 3 rings (SSSR count). The summed E-state index contributed by atoms with van der Waals surface area (Å²) in [7, 11) is 0.986. The van der Waals surface area contributed by atoms with Crippen LogP contribution in [0.25, 0.3) is 0 Å². The molecule has 1 aromatic carbocycles. The van der Waals surface area contributed by atoms with Gasteiger partial charge in [-0.3, -0.25) is 9.36 Å². The Morgan fingerprint density at radius 1 is 1.07 bits per heavy atom. The first-order valence-electron chi connectivity index (χ1n) is 8.74. The molecule has 0 unspecified atom stereocenters. The number of ether oxygens (including phenoxy) is 1. The first kappa shape index (κ1) is 21.7. The topological polar surface area (TPSA) is 69.4 Å². The van der Waals surface area contributed by atoms with Crippen LogP contribution in [0.3, 0.4) is 0 Å². The van der Waals surface area contributed by atoms with Crippen molar-refractivity contribution < 1.29 is 35.9 Å². The van der Waals surface area contributed by atoms with Gasteiger partial charge in [-0.05, 0) is 37.1 Å².